The van der Waals surface area contributed by atoms with Gasteiger partial charge in [-0.25, -0.2) is 0 Å². The van der Waals surface area contributed by atoms with Gasteiger partial charge < -0.3 is 10.6 Å². The molecule has 0 bridgehead atoms. The van der Waals surface area contributed by atoms with Gasteiger partial charge in [-0.15, -0.1) is 11.3 Å². The Morgan fingerprint density at radius 2 is 2.19 bits per heavy atom. The molecule has 1 saturated heterocycles. The SMILES string of the molecule is CC1(C)Cc2cc(C(=O)NC3(C4CCNC4)CC3)sc2C1. The molecular formula is C17H24N2OS. The summed E-state index contributed by atoms with van der Waals surface area (Å²) >= 11 is 1.72. The first-order valence-corrected chi connectivity index (χ1v) is 8.94. The first-order valence-electron chi connectivity index (χ1n) is 8.12. The summed E-state index contributed by atoms with van der Waals surface area (Å²) in [4.78, 5) is 15.0. The minimum absolute atomic E-state index is 0.105. The third kappa shape index (κ3) is 2.42. The van der Waals surface area contributed by atoms with Crippen LogP contribution < -0.4 is 10.6 Å². The van der Waals surface area contributed by atoms with E-state index in [0.29, 0.717) is 11.3 Å². The van der Waals surface area contributed by atoms with E-state index < -0.39 is 0 Å². The van der Waals surface area contributed by atoms with Crippen molar-refractivity contribution in [1.29, 1.82) is 0 Å². The predicted octanol–water partition coefficient (Wildman–Crippen LogP) is 2.74. The lowest BCUT2D eigenvalue weighted by Crippen LogP contribution is -2.43. The van der Waals surface area contributed by atoms with Crippen molar-refractivity contribution in [3.8, 4) is 0 Å². The first kappa shape index (κ1) is 13.8. The van der Waals surface area contributed by atoms with E-state index in [-0.39, 0.29) is 11.4 Å². The minimum Gasteiger partial charge on any atom is -0.346 e. The molecule has 2 N–H and O–H groups in total. The van der Waals surface area contributed by atoms with E-state index in [2.05, 4.69) is 30.5 Å². The van der Waals surface area contributed by atoms with Crippen molar-refractivity contribution in [1.82, 2.24) is 10.6 Å². The number of hydrogen-bond acceptors (Lipinski definition) is 3. The molecule has 1 aromatic rings. The number of carbonyl (C=O) groups excluding carboxylic acids is 1. The standard InChI is InChI=1S/C17H24N2OS/c1-16(2)8-11-7-13(21-14(11)9-16)15(20)19-17(4-5-17)12-3-6-18-10-12/h7,12,18H,3-6,8-10H2,1-2H3,(H,19,20). The van der Waals surface area contributed by atoms with Crippen LogP contribution in [0.2, 0.25) is 0 Å². The summed E-state index contributed by atoms with van der Waals surface area (Å²) in [5.41, 5.74) is 1.89. The normalized spacial score (nSPS) is 28.4. The van der Waals surface area contributed by atoms with Crippen molar-refractivity contribution in [3.63, 3.8) is 0 Å². The number of rotatable bonds is 3. The molecule has 2 fully saturated rings. The highest BCUT2D eigenvalue weighted by Gasteiger charge is 2.51. The molecule has 3 aliphatic rings. The van der Waals surface area contributed by atoms with E-state index in [4.69, 9.17) is 0 Å². The minimum atomic E-state index is 0.105. The van der Waals surface area contributed by atoms with Gasteiger partial charge in [-0.2, -0.15) is 0 Å². The zero-order chi connectivity index (χ0) is 14.7. The fourth-order valence-electron chi connectivity index (χ4n) is 4.07. The van der Waals surface area contributed by atoms with Crippen LogP contribution in [0, 0.1) is 11.3 Å². The molecule has 1 amide bonds. The van der Waals surface area contributed by atoms with Crippen LogP contribution in [0.4, 0.5) is 0 Å². The van der Waals surface area contributed by atoms with Gasteiger partial charge in [0.1, 0.15) is 0 Å². The van der Waals surface area contributed by atoms with E-state index in [0.717, 1.165) is 43.6 Å². The van der Waals surface area contributed by atoms with E-state index in [1.807, 2.05) is 0 Å². The summed E-state index contributed by atoms with van der Waals surface area (Å²) in [6, 6.07) is 2.15. The molecule has 1 unspecified atom stereocenters. The molecule has 21 heavy (non-hydrogen) atoms. The molecule has 4 heteroatoms. The van der Waals surface area contributed by atoms with Crippen molar-refractivity contribution >= 4 is 17.2 Å². The van der Waals surface area contributed by atoms with Gasteiger partial charge in [-0.05, 0) is 61.6 Å². The van der Waals surface area contributed by atoms with Gasteiger partial charge in [-0.3, -0.25) is 4.79 Å². The average molecular weight is 304 g/mol. The topological polar surface area (TPSA) is 41.1 Å². The Morgan fingerprint density at radius 3 is 2.81 bits per heavy atom. The molecular weight excluding hydrogens is 280 g/mol. The van der Waals surface area contributed by atoms with Crippen LogP contribution >= 0.6 is 11.3 Å². The maximum atomic E-state index is 12.6. The molecule has 1 saturated carbocycles. The van der Waals surface area contributed by atoms with Gasteiger partial charge in [0.05, 0.1) is 4.88 Å². The van der Waals surface area contributed by atoms with E-state index in [1.165, 1.54) is 16.9 Å². The van der Waals surface area contributed by atoms with Crippen LogP contribution in [0.15, 0.2) is 6.07 Å². The zero-order valence-electron chi connectivity index (χ0n) is 12.9. The van der Waals surface area contributed by atoms with E-state index in [9.17, 15) is 4.79 Å². The van der Waals surface area contributed by atoms with Crippen LogP contribution in [0.5, 0.6) is 0 Å². The molecule has 1 atom stereocenters. The highest BCUT2D eigenvalue weighted by Crippen LogP contribution is 2.46. The van der Waals surface area contributed by atoms with Gasteiger partial charge in [0.2, 0.25) is 0 Å². The van der Waals surface area contributed by atoms with Crippen molar-refractivity contribution in [2.45, 2.75) is 51.5 Å². The lowest BCUT2D eigenvalue weighted by molar-refractivity contribution is 0.0920. The van der Waals surface area contributed by atoms with Gasteiger partial charge in [0.25, 0.3) is 5.91 Å². The third-order valence-electron chi connectivity index (χ3n) is 5.42. The van der Waals surface area contributed by atoms with Crippen molar-refractivity contribution in [2.24, 2.45) is 11.3 Å². The van der Waals surface area contributed by atoms with Gasteiger partial charge in [0.15, 0.2) is 0 Å². The van der Waals surface area contributed by atoms with Crippen LogP contribution in [-0.2, 0) is 12.8 Å². The molecule has 114 valence electrons. The second kappa shape index (κ2) is 4.56. The smallest absolute Gasteiger partial charge is 0.261 e. The molecule has 2 heterocycles. The predicted molar refractivity (Wildman–Crippen MR) is 85.9 cm³/mol. The monoisotopic (exact) mass is 304 g/mol. The summed E-state index contributed by atoms with van der Waals surface area (Å²) in [5.74, 6) is 0.795. The number of nitrogens with one attached hydrogen (secondary N) is 2. The lowest BCUT2D eigenvalue weighted by Gasteiger charge is -2.23. The molecule has 2 aliphatic carbocycles. The summed E-state index contributed by atoms with van der Waals surface area (Å²) < 4.78 is 0. The van der Waals surface area contributed by atoms with Crippen molar-refractivity contribution in [3.05, 3.63) is 21.4 Å². The zero-order valence-corrected chi connectivity index (χ0v) is 13.7. The number of hydrogen-bond donors (Lipinski definition) is 2. The van der Waals surface area contributed by atoms with E-state index >= 15 is 0 Å². The quantitative estimate of drug-likeness (QED) is 0.901. The highest BCUT2D eigenvalue weighted by atomic mass is 32.1. The Labute approximate surface area is 130 Å². The molecule has 1 aromatic heterocycles. The molecule has 3 nitrogen and oxygen atoms in total. The van der Waals surface area contributed by atoms with E-state index in [1.54, 1.807) is 11.3 Å². The molecule has 4 rings (SSSR count). The highest BCUT2D eigenvalue weighted by molar-refractivity contribution is 7.14. The van der Waals surface area contributed by atoms with Crippen LogP contribution in [0.3, 0.4) is 0 Å². The summed E-state index contributed by atoms with van der Waals surface area (Å²) in [6.07, 6.45) is 5.75. The summed E-state index contributed by atoms with van der Waals surface area (Å²) in [6.45, 7) is 6.79. The molecule has 1 aliphatic heterocycles. The first-order chi connectivity index (χ1) is 9.97. The molecule has 0 aromatic carbocycles. The average Bonchev–Trinajstić information content (AvgIpc) is 2.81. The Balaban J connectivity index is 1.47. The van der Waals surface area contributed by atoms with Crippen molar-refractivity contribution in [2.75, 3.05) is 13.1 Å². The van der Waals surface area contributed by atoms with Gasteiger partial charge in [0, 0.05) is 17.0 Å². The van der Waals surface area contributed by atoms with Gasteiger partial charge >= 0.3 is 0 Å². The van der Waals surface area contributed by atoms with Gasteiger partial charge in [-0.1, -0.05) is 13.8 Å². The fourth-order valence-corrected chi connectivity index (χ4v) is 5.41. The maximum Gasteiger partial charge on any atom is 0.261 e. The lowest BCUT2D eigenvalue weighted by atomic mass is 9.91. The second-order valence-corrected chi connectivity index (χ2v) is 9.01. The fraction of sp³-hybridized carbons (Fsp3) is 0.706. The Morgan fingerprint density at radius 1 is 1.38 bits per heavy atom. The van der Waals surface area contributed by atoms with Crippen LogP contribution in [0.25, 0.3) is 0 Å². The van der Waals surface area contributed by atoms with Crippen LogP contribution in [-0.4, -0.2) is 24.5 Å². The Bertz CT molecular complexity index is 554. The summed E-state index contributed by atoms with van der Waals surface area (Å²) in [7, 11) is 0. The number of carbonyl (C=O) groups is 1. The van der Waals surface area contributed by atoms with Crippen LogP contribution in [0.1, 0.15) is 53.2 Å². The Hall–Kier alpha value is -0.870. The third-order valence-corrected chi connectivity index (χ3v) is 6.60. The number of amides is 1. The maximum absolute atomic E-state index is 12.6. The molecule has 0 spiro atoms. The molecule has 0 radical (unpaired) electrons. The largest absolute Gasteiger partial charge is 0.346 e. The number of thiophene rings is 1. The number of fused-ring (bicyclic) bond motifs is 1. The Kier molecular flexibility index (Phi) is 2.99. The summed E-state index contributed by atoms with van der Waals surface area (Å²) in [5, 5.41) is 6.79. The second-order valence-electron chi connectivity index (χ2n) is 7.88. The van der Waals surface area contributed by atoms with Crippen molar-refractivity contribution < 1.29 is 4.79 Å².